The highest BCUT2D eigenvalue weighted by Crippen LogP contribution is 2.26. The molecule has 0 amide bonds. The topological polar surface area (TPSA) is 70.3 Å². The maximum absolute atomic E-state index is 11.0. The minimum Gasteiger partial charge on any atom is -0.347 e. The highest BCUT2D eigenvalue weighted by Gasteiger charge is 2.39. The van der Waals surface area contributed by atoms with E-state index in [1.165, 1.54) is 7.11 Å². The average molecular weight is 211 g/mol. The molecule has 5 heteroatoms. The van der Waals surface area contributed by atoms with Crippen molar-refractivity contribution in [2.75, 3.05) is 7.11 Å². The molecule has 0 fully saturated rings. The SMILES string of the molecule is COC(C#N)(c1ccccc1)S(=O)O. The molecule has 1 aromatic carbocycles. The Morgan fingerprint density at radius 1 is 1.50 bits per heavy atom. The van der Waals surface area contributed by atoms with Crippen molar-refractivity contribution in [3.05, 3.63) is 35.9 Å². The van der Waals surface area contributed by atoms with Gasteiger partial charge in [0.25, 0.3) is 4.93 Å². The zero-order chi connectivity index (χ0) is 10.6. The van der Waals surface area contributed by atoms with E-state index in [0.29, 0.717) is 5.56 Å². The fourth-order valence-electron chi connectivity index (χ4n) is 1.10. The lowest BCUT2D eigenvalue weighted by Gasteiger charge is -2.20. The van der Waals surface area contributed by atoms with Gasteiger partial charge < -0.3 is 9.29 Å². The molecular weight excluding hydrogens is 202 g/mol. The Kier molecular flexibility index (Phi) is 3.36. The average Bonchev–Trinajstić information content (AvgIpc) is 2.22. The molecule has 0 radical (unpaired) electrons. The maximum Gasteiger partial charge on any atom is 0.281 e. The lowest BCUT2D eigenvalue weighted by Crippen LogP contribution is -2.31. The minimum absolute atomic E-state index is 0.367. The van der Waals surface area contributed by atoms with Crippen LogP contribution in [0.4, 0.5) is 0 Å². The van der Waals surface area contributed by atoms with Gasteiger partial charge in [-0.1, -0.05) is 30.3 Å². The van der Waals surface area contributed by atoms with Gasteiger partial charge in [0.05, 0.1) is 0 Å². The van der Waals surface area contributed by atoms with Gasteiger partial charge in [-0.15, -0.1) is 0 Å². The van der Waals surface area contributed by atoms with E-state index in [1.807, 2.05) is 0 Å². The third kappa shape index (κ3) is 1.68. The molecule has 1 rings (SSSR count). The number of nitriles is 1. The molecule has 0 aliphatic heterocycles. The molecule has 0 saturated carbocycles. The Morgan fingerprint density at radius 3 is 2.43 bits per heavy atom. The highest BCUT2D eigenvalue weighted by molar-refractivity contribution is 7.80. The van der Waals surface area contributed by atoms with Crippen molar-refractivity contribution in [3.63, 3.8) is 0 Å². The number of ether oxygens (including phenoxy) is 1. The van der Waals surface area contributed by atoms with E-state index < -0.39 is 16.0 Å². The summed E-state index contributed by atoms with van der Waals surface area (Å²) in [5.74, 6) is 0. The summed E-state index contributed by atoms with van der Waals surface area (Å²) in [5, 5.41) is 8.87. The Bertz CT molecular complexity index is 373. The number of methoxy groups -OCH3 is 1. The van der Waals surface area contributed by atoms with Crippen molar-refractivity contribution in [3.8, 4) is 6.07 Å². The van der Waals surface area contributed by atoms with Gasteiger partial charge in [-0.3, -0.25) is 0 Å². The summed E-state index contributed by atoms with van der Waals surface area (Å²) in [6, 6.07) is 9.95. The van der Waals surface area contributed by atoms with Crippen molar-refractivity contribution >= 4 is 11.1 Å². The monoisotopic (exact) mass is 211 g/mol. The third-order valence-electron chi connectivity index (χ3n) is 1.83. The lowest BCUT2D eigenvalue weighted by atomic mass is 10.1. The van der Waals surface area contributed by atoms with E-state index >= 15 is 0 Å². The van der Waals surface area contributed by atoms with Crippen LogP contribution in [0.5, 0.6) is 0 Å². The molecule has 2 unspecified atom stereocenters. The van der Waals surface area contributed by atoms with Crippen molar-refractivity contribution < 1.29 is 13.5 Å². The van der Waals surface area contributed by atoms with Crippen LogP contribution in [0.3, 0.4) is 0 Å². The number of nitrogens with zero attached hydrogens (tertiary/aromatic N) is 1. The fraction of sp³-hybridized carbons (Fsp3) is 0.222. The first kappa shape index (κ1) is 10.9. The zero-order valence-corrected chi connectivity index (χ0v) is 8.32. The molecule has 1 aromatic rings. The molecule has 0 heterocycles. The molecule has 1 N–H and O–H groups in total. The smallest absolute Gasteiger partial charge is 0.281 e. The molecule has 0 aliphatic carbocycles. The van der Waals surface area contributed by atoms with E-state index in [0.717, 1.165) is 0 Å². The first-order valence-corrected chi connectivity index (χ1v) is 4.91. The Hall–Kier alpha value is -1.22. The zero-order valence-electron chi connectivity index (χ0n) is 7.51. The number of hydrogen-bond acceptors (Lipinski definition) is 3. The molecule has 2 atom stereocenters. The largest absolute Gasteiger partial charge is 0.347 e. The molecule has 4 nitrogen and oxygen atoms in total. The summed E-state index contributed by atoms with van der Waals surface area (Å²) in [6.45, 7) is 0. The van der Waals surface area contributed by atoms with Crippen LogP contribution in [0.15, 0.2) is 30.3 Å². The van der Waals surface area contributed by atoms with Gasteiger partial charge in [0.2, 0.25) is 11.1 Å². The van der Waals surface area contributed by atoms with Gasteiger partial charge in [-0.25, -0.2) is 4.21 Å². The maximum atomic E-state index is 11.0. The van der Waals surface area contributed by atoms with Crippen LogP contribution in [0, 0.1) is 11.3 Å². The molecule has 0 bridgehead atoms. The minimum atomic E-state index is -2.40. The highest BCUT2D eigenvalue weighted by atomic mass is 32.2. The van der Waals surface area contributed by atoms with Crippen molar-refractivity contribution in [1.82, 2.24) is 0 Å². The second-order valence-electron chi connectivity index (χ2n) is 2.55. The van der Waals surface area contributed by atoms with Crippen LogP contribution in [0.1, 0.15) is 5.56 Å². The number of benzene rings is 1. The van der Waals surface area contributed by atoms with Crippen LogP contribution < -0.4 is 0 Å². The molecule has 0 aliphatic rings. The summed E-state index contributed by atoms with van der Waals surface area (Å²) in [4.78, 5) is -1.79. The van der Waals surface area contributed by atoms with Gasteiger partial charge in [-0.2, -0.15) is 5.26 Å². The number of hydrogen-bond donors (Lipinski definition) is 1. The summed E-state index contributed by atoms with van der Waals surface area (Å²) >= 11 is -2.40. The molecule has 0 saturated heterocycles. The first-order chi connectivity index (χ1) is 6.67. The van der Waals surface area contributed by atoms with Gasteiger partial charge in [-0.05, 0) is 0 Å². The van der Waals surface area contributed by atoms with E-state index in [1.54, 1.807) is 36.4 Å². The summed E-state index contributed by atoms with van der Waals surface area (Å²) in [5.41, 5.74) is 0.367. The fourth-order valence-corrected chi connectivity index (χ4v) is 1.66. The van der Waals surface area contributed by atoms with Crippen molar-refractivity contribution in [2.24, 2.45) is 0 Å². The van der Waals surface area contributed by atoms with Gasteiger partial charge in [0.15, 0.2) is 0 Å². The molecular formula is C9H9NO3S. The molecule has 14 heavy (non-hydrogen) atoms. The first-order valence-electron chi connectivity index (χ1n) is 3.80. The molecule has 0 aromatic heterocycles. The van der Waals surface area contributed by atoms with Crippen molar-refractivity contribution in [1.29, 1.82) is 5.26 Å². The van der Waals surface area contributed by atoms with E-state index in [9.17, 15) is 4.21 Å². The Morgan fingerprint density at radius 2 is 2.07 bits per heavy atom. The van der Waals surface area contributed by atoms with Crippen LogP contribution in [0.25, 0.3) is 0 Å². The third-order valence-corrected chi connectivity index (χ3v) is 2.82. The Labute approximate surface area is 84.4 Å². The molecule has 0 spiro atoms. The predicted octanol–water partition coefficient (Wildman–Crippen LogP) is 1.23. The number of rotatable bonds is 3. The summed E-state index contributed by atoms with van der Waals surface area (Å²) in [7, 11) is 1.23. The van der Waals surface area contributed by atoms with E-state index in [4.69, 9.17) is 14.6 Å². The van der Waals surface area contributed by atoms with Crippen LogP contribution in [-0.2, 0) is 20.8 Å². The Balaban J connectivity index is 3.27. The van der Waals surface area contributed by atoms with Crippen LogP contribution in [-0.4, -0.2) is 15.9 Å². The lowest BCUT2D eigenvalue weighted by molar-refractivity contribution is 0.105. The van der Waals surface area contributed by atoms with Crippen molar-refractivity contribution in [2.45, 2.75) is 4.93 Å². The molecule has 74 valence electrons. The van der Waals surface area contributed by atoms with E-state index in [-0.39, 0.29) is 0 Å². The second kappa shape index (κ2) is 4.33. The van der Waals surface area contributed by atoms with Gasteiger partial charge in [0, 0.05) is 12.7 Å². The summed E-state index contributed by atoms with van der Waals surface area (Å²) in [6.07, 6.45) is 0. The normalized spacial score (nSPS) is 16.6. The van der Waals surface area contributed by atoms with Gasteiger partial charge >= 0.3 is 0 Å². The van der Waals surface area contributed by atoms with Gasteiger partial charge in [0.1, 0.15) is 6.07 Å². The second-order valence-corrected chi connectivity index (χ2v) is 3.62. The van der Waals surface area contributed by atoms with Crippen LogP contribution >= 0.6 is 0 Å². The predicted molar refractivity (Wildman–Crippen MR) is 51.5 cm³/mol. The van der Waals surface area contributed by atoms with Crippen LogP contribution in [0.2, 0.25) is 0 Å². The summed E-state index contributed by atoms with van der Waals surface area (Å²) < 4.78 is 24.9. The van der Waals surface area contributed by atoms with E-state index in [2.05, 4.69) is 0 Å². The quantitative estimate of drug-likeness (QED) is 0.763. The standard InChI is InChI=1S/C9H9NO3S/c1-13-9(7-10,14(11)12)8-5-3-2-4-6-8/h2-6H,1H3,(H,11,12).